The van der Waals surface area contributed by atoms with Gasteiger partial charge < -0.3 is 59.2 Å². The number of nitrogens with zero attached hydrogens (tertiary/aromatic N) is 4. The number of anilines is 4. The average Bonchev–Trinajstić information content (AvgIpc) is 1.57. The Morgan fingerprint density at radius 1 is 0.351 bits per heavy atom. The summed E-state index contributed by atoms with van der Waals surface area (Å²) in [6.07, 6.45) is 28.8. The van der Waals surface area contributed by atoms with E-state index in [1.807, 2.05) is 84.9 Å². The molecule has 10 aromatic rings. The molecule has 0 bridgehead atoms. The SMILES string of the molecule is CC(C)(C)CC(=O)C[C@@H]1[C@H]2Oc3ccc(Oc4ccnc5c4CCC(=O)N5)cc3[C@@H]12.CCCCCCCC(=O)C[C@@H]1[C@H]2Oc3ccc(Oc4ccnc5c4CCC(=O)N5)cc3[C@@H]12.O=C(C[C@@H]1CCCc2ccccc21)C[C@@H]1[C@H]2Oc3ccc(Oc4ccnc5c4CCC(=O)N5)cc3[C@@H]12.O=C(C[C@H]1CCCc2ccccc21)C[C@@H]1[C@H]2Oc3ccc(Oc4ccnc5c4CCC(=O)N5)cc3[C@@H]12. The number of ketones is 4. The number of amides is 4. The Bertz CT molecular complexity index is 6130. The van der Waals surface area contributed by atoms with Gasteiger partial charge in [0.15, 0.2) is 0 Å². The lowest BCUT2D eigenvalue weighted by Gasteiger charge is -2.25. The first kappa shape index (κ1) is 87.5. The van der Waals surface area contributed by atoms with Crippen molar-refractivity contribution in [1.82, 2.24) is 19.9 Å². The number of ether oxygens (including phenoxy) is 8. The van der Waals surface area contributed by atoms with Crippen LogP contribution in [0.25, 0.3) is 0 Å². The smallest absolute Gasteiger partial charge is 0.225 e. The van der Waals surface area contributed by atoms with Gasteiger partial charge in [-0.3, -0.25) is 38.4 Å². The normalized spacial score (nSPS) is 24.0. The standard InChI is InChI=1S/2C30H28N2O4.C26H30N2O4.C24H26N2O4/c2*33-19(14-18-6-3-5-17-4-1-2-7-21(17)18)15-24-28-23-16-20(8-10-25(23)36-29(24)28)35-26-12-13-31-30-22(26)9-11-27(34)32-30;1-2-3-4-5-6-7-16(29)14-20-24-19-15-17(8-10-21(19)32-25(20)24)31-22-12-13-27-26-18(22)9-11-23(30)28-26;1-24(2,3)12-13(27)10-17-21-16-11-14(4-6-18(16)30-22(17)21)29-19-8-9-25-23-15(19)5-7-20(28)26-23/h2*1-2,4,7-8,10,12-13,16,18,24,28-29H,3,5-6,9,11,14-15H2,(H,31,32,34);8,10,12-13,15,20,24-25H,2-7,9,11,14H2,1H3,(H,27,28,30);4,6,8-9,11,17,21-22H,5,7,10,12H2,1-3H3,(H,25,26,28)/t18-,24+,28+,29-;18-,24-,28-,29+;20-,24-,25+;17-,21-,22+/m1000/s1. The number of carbonyl (C=O) groups is 8. The van der Waals surface area contributed by atoms with Crippen molar-refractivity contribution in [2.24, 2.45) is 29.1 Å². The van der Waals surface area contributed by atoms with Gasteiger partial charge >= 0.3 is 0 Å². The summed E-state index contributed by atoms with van der Waals surface area (Å²) >= 11 is 0. The molecule has 688 valence electrons. The first-order valence-corrected chi connectivity index (χ1v) is 48.5. The number of benzene rings is 6. The molecule has 134 heavy (non-hydrogen) atoms. The fourth-order valence-electron chi connectivity index (χ4n) is 22.5. The van der Waals surface area contributed by atoms with Crippen LogP contribution in [-0.4, -0.2) is 91.1 Å². The Kier molecular flexibility index (Phi) is 24.2. The Balaban J connectivity index is 0.000000108. The number of rotatable bonds is 27. The third-order valence-electron chi connectivity index (χ3n) is 29.3. The number of pyridine rings is 4. The van der Waals surface area contributed by atoms with Crippen LogP contribution in [0.4, 0.5) is 23.3 Å². The molecule has 24 heteroatoms. The Hall–Kier alpha value is -13.1. The van der Waals surface area contributed by atoms with E-state index in [1.165, 1.54) is 41.5 Å². The van der Waals surface area contributed by atoms with Gasteiger partial charge in [0, 0.05) is 194 Å². The minimum absolute atomic E-state index is 0.0156. The average molecular weight is 1800 g/mol. The zero-order valence-electron chi connectivity index (χ0n) is 76.2. The summed E-state index contributed by atoms with van der Waals surface area (Å²) in [7, 11) is 0. The third-order valence-corrected chi connectivity index (χ3v) is 29.3. The van der Waals surface area contributed by atoms with Crippen LogP contribution in [0.15, 0.2) is 170 Å². The van der Waals surface area contributed by atoms with Crippen LogP contribution in [0, 0.1) is 29.1 Å². The number of aryl methyl sites for hydroxylation is 2. The van der Waals surface area contributed by atoms with Gasteiger partial charge in [-0.05, 0) is 207 Å². The van der Waals surface area contributed by atoms with Gasteiger partial charge in [-0.15, -0.1) is 0 Å². The number of unbranched alkanes of at least 4 members (excludes halogenated alkanes) is 4. The Labute approximate surface area is 779 Å². The number of hydrogen-bond donors (Lipinski definition) is 4. The van der Waals surface area contributed by atoms with E-state index in [4.69, 9.17) is 37.9 Å². The summed E-state index contributed by atoms with van der Waals surface area (Å²) in [6, 6.07) is 48.2. The number of Topliss-reactive ketones (excluding diaryl/α,β-unsaturated/α-hetero) is 4. The molecule has 4 fully saturated rings. The van der Waals surface area contributed by atoms with Gasteiger partial charge in [0.1, 0.15) is 140 Å². The van der Waals surface area contributed by atoms with E-state index >= 15 is 0 Å². The summed E-state index contributed by atoms with van der Waals surface area (Å²) in [5.74, 6) is 15.9. The maximum absolute atomic E-state index is 13.1. The highest BCUT2D eigenvalue weighted by atomic mass is 16.5. The van der Waals surface area contributed by atoms with Crippen molar-refractivity contribution in [2.75, 3.05) is 21.3 Å². The van der Waals surface area contributed by atoms with Crippen LogP contribution in [-0.2, 0) is 76.9 Å². The van der Waals surface area contributed by atoms with Crippen LogP contribution >= 0.6 is 0 Å². The molecular weight excluding hydrogens is 1690 g/mol. The molecule has 24 nitrogen and oxygen atoms in total. The van der Waals surface area contributed by atoms with E-state index in [2.05, 4.69) is 130 Å². The van der Waals surface area contributed by atoms with Crippen LogP contribution < -0.4 is 59.2 Å². The van der Waals surface area contributed by atoms with Crippen molar-refractivity contribution < 1.29 is 76.3 Å². The molecule has 12 heterocycles. The van der Waals surface area contributed by atoms with Crippen molar-refractivity contribution in [3.63, 3.8) is 0 Å². The fraction of sp³-hybridized carbons (Fsp3) is 0.418. The van der Waals surface area contributed by atoms with Gasteiger partial charge in [0.2, 0.25) is 23.6 Å². The molecule has 0 saturated heterocycles. The number of carbonyl (C=O) groups excluding carboxylic acids is 8. The van der Waals surface area contributed by atoms with Gasteiger partial charge in [-0.25, -0.2) is 19.9 Å². The molecule has 8 aliphatic heterocycles. The number of hydrogen-bond acceptors (Lipinski definition) is 20. The predicted octanol–water partition coefficient (Wildman–Crippen LogP) is 21.6. The number of nitrogens with one attached hydrogen (secondary N) is 4. The first-order chi connectivity index (χ1) is 65.2. The zero-order valence-corrected chi connectivity index (χ0v) is 76.2. The maximum atomic E-state index is 13.1. The molecular formula is C110H112N8O16. The van der Waals surface area contributed by atoms with E-state index in [9.17, 15) is 38.4 Å². The number of aromatic nitrogens is 4. The molecule has 6 aliphatic carbocycles. The van der Waals surface area contributed by atoms with Gasteiger partial charge in [0.25, 0.3) is 0 Å². The third kappa shape index (κ3) is 18.7. The molecule has 6 aromatic carbocycles. The second-order valence-corrected chi connectivity index (χ2v) is 39.9. The monoisotopic (exact) mass is 1800 g/mol. The van der Waals surface area contributed by atoms with Crippen molar-refractivity contribution in [3.8, 4) is 69.0 Å². The Morgan fingerprint density at radius 3 is 0.993 bits per heavy atom. The van der Waals surface area contributed by atoms with E-state index in [1.54, 1.807) is 24.8 Å². The molecule has 0 radical (unpaired) electrons. The Morgan fingerprint density at radius 2 is 0.664 bits per heavy atom. The van der Waals surface area contributed by atoms with E-state index in [0.29, 0.717) is 190 Å². The molecule has 4 N–H and O–H groups in total. The van der Waals surface area contributed by atoms with Gasteiger partial charge in [0.05, 0.1) is 0 Å². The fourth-order valence-corrected chi connectivity index (χ4v) is 22.5. The summed E-state index contributed by atoms with van der Waals surface area (Å²) in [5, 5.41) is 11.2. The first-order valence-electron chi connectivity index (χ1n) is 48.5. The van der Waals surface area contributed by atoms with Crippen LogP contribution in [0.2, 0.25) is 0 Å². The second-order valence-electron chi connectivity index (χ2n) is 39.9. The highest BCUT2D eigenvalue weighted by Crippen LogP contribution is 2.65. The van der Waals surface area contributed by atoms with E-state index in [-0.39, 0.29) is 89.0 Å². The quantitative estimate of drug-likeness (QED) is 0.0348. The zero-order chi connectivity index (χ0) is 91.6. The second kappa shape index (κ2) is 37.0. The number of fused-ring (bicyclic) bond motifs is 18. The topological polar surface area (TPSA) is 310 Å². The molecule has 24 rings (SSSR count). The van der Waals surface area contributed by atoms with E-state index < -0.39 is 0 Å². The summed E-state index contributed by atoms with van der Waals surface area (Å²) in [4.78, 5) is 115. The summed E-state index contributed by atoms with van der Waals surface area (Å²) in [6.45, 7) is 8.49. The molecule has 4 aromatic heterocycles. The van der Waals surface area contributed by atoms with Crippen LogP contribution in [0.1, 0.15) is 265 Å². The molecule has 0 unspecified atom stereocenters. The largest absolute Gasteiger partial charge is 0.489 e. The summed E-state index contributed by atoms with van der Waals surface area (Å²) < 4.78 is 49.4. The molecule has 0 spiro atoms. The molecule has 4 amide bonds. The molecule has 14 atom stereocenters. The highest BCUT2D eigenvalue weighted by Gasteiger charge is 2.62. The lowest BCUT2D eigenvalue weighted by molar-refractivity contribution is -0.121. The highest BCUT2D eigenvalue weighted by molar-refractivity contribution is 5.96. The van der Waals surface area contributed by atoms with Crippen molar-refractivity contribution in [2.45, 2.75) is 261 Å². The van der Waals surface area contributed by atoms with Crippen LogP contribution in [0.3, 0.4) is 0 Å². The molecule has 4 saturated carbocycles. The molecule has 14 aliphatic rings. The summed E-state index contributed by atoms with van der Waals surface area (Å²) in [5.41, 5.74) is 13.8. The van der Waals surface area contributed by atoms with Crippen LogP contribution in [0.5, 0.6) is 69.0 Å². The minimum atomic E-state index is -0.0198. The minimum Gasteiger partial charge on any atom is -0.489 e. The lowest BCUT2D eigenvalue weighted by atomic mass is 9.80. The predicted molar refractivity (Wildman–Crippen MR) is 503 cm³/mol. The van der Waals surface area contributed by atoms with E-state index in [0.717, 1.165) is 148 Å². The lowest BCUT2D eigenvalue weighted by Crippen LogP contribution is -2.20. The maximum Gasteiger partial charge on any atom is 0.225 e. The van der Waals surface area contributed by atoms with Crippen molar-refractivity contribution in [1.29, 1.82) is 0 Å². The van der Waals surface area contributed by atoms with Crippen molar-refractivity contribution >= 4 is 70.0 Å². The van der Waals surface area contributed by atoms with Gasteiger partial charge in [-0.2, -0.15) is 0 Å². The van der Waals surface area contributed by atoms with Crippen molar-refractivity contribution in [3.05, 3.63) is 237 Å². The van der Waals surface area contributed by atoms with Gasteiger partial charge in [-0.1, -0.05) is 102 Å².